The lowest BCUT2D eigenvalue weighted by molar-refractivity contribution is -0.131. The molecule has 0 unspecified atom stereocenters. The molecule has 1 aliphatic heterocycles. The Labute approximate surface area is 173 Å². The number of aliphatic hydroxyl groups is 1. The number of aliphatic hydroxyl groups excluding tert-OH is 1. The van der Waals surface area contributed by atoms with E-state index in [4.69, 9.17) is 15.3 Å². The van der Waals surface area contributed by atoms with Crippen LogP contribution >= 0.6 is 0 Å². The number of cyclic esters (lactones) is 1. The summed E-state index contributed by atoms with van der Waals surface area (Å²) in [4.78, 5) is 12.3. The zero-order valence-corrected chi connectivity index (χ0v) is 15.7. The van der Waals surface area contributed by atoms with Gasteiger partial charge in [0.1, 0.15) is 5.57 Å². The maximum atomic E-state index is 12.3. The molecule has 3 aromatic carbocycles. The van der Waals surface area contributed by atoms with Crippen LogP contribution in [0.15, 0.2) is 84.3 Å². The lowest BCUT2D eigenvalue weighted by atomic mass is 10.0. The van der Waals surface area contributed by atoms with E-state index >= 15 is 0 Å². The summed E-state index contributed by atoms with van der Waals surface area (Å²) in [6.45, 7) is 0. The summed E-state index contributed by atoms with van der Waals surface area (Å²) in [7, 11) is 0. The number of ether oxygens (including phenoxy) is 1. The molecule has 5 heteroatoms. The van der Waals surface area contributed by atoms with Gasteiger partial charge in [-0.2, -0.15) is 10.5 Å². The predicted molar refractivity (Wildman–Crippen MR) is 111 cm³/mol. The fraction of sp³-hybridized carbons (Fsp3) is 0. The van der Waals surface area contributed by atoms with Gasteiger partial charge in [-0.15, -0.1) is 0 Å². The zero-order valence-electron chi connectivity index (χ0n) is 15.7. The second-order valence-electron chi connectivity index (χ2n) is 6.62. The van der Waals surface area contributed by atoms with Gasteiger partial charge < -0.3 is 9.84 Å². The molecule has 0 atom stereocenters. The van der Waals surface area contributed by atoms with Crippen LogP contribution in [-0.2, 0) is 9.53 Å². The quantitative estimate of drug-likeness (QED) is 0.638. The summed E-state index contributed by atoms with van der Waals surface area (Å²) in [5.41, 5.74) is 4.32. The highest BCUT2D eigenvalue weighted by molar-refractivity contribution is 6.20. The minimum absolute atomic E-state index is 0.0694. The Morgan fingerprint density at radius 1 is 0.733 bits per heavy atom. The van der Waals surface area contributed by atoms with Crippen molar-refractivity contribution in [3.8, 4) is 23.3 Å². The molecule has 1 aliphatic rings. The first-order valence-corrected chi connectivity index (χ1v) is 9.07. The van der Waals surface area contributed by atoms with Crippen LogP contribution in [0.5, 0.6) is 0 Å². The van der Waals surface area contributed by atoms with Gasteiger partial charge in [0.2, 0.25) is 0 Å². The SMILES string of the molecule is N#Cc1ccc(C2=C(O)/C(=C\c3ccc(-c4ccc(C#N)cc4)cc3)OC2=O)cc1. The first kappa shape index (κ1) is 18.7. The van der Waals surface area contributed by atoms with Crippen molar-refractivity contribution < 1.29 is 14.6 Å². The first-order valence-electron chi connectivity index (χ1n) is 9.07. The normalized spacial score (nSPS) is 14.3. The molecule has 1 N–H and O–H groups in total. The number of hydrogen-bond acceptors (Lipinski definition) is 5. The monoisotopic (exact) mass is 390 g/mol. The molecule has 0 amide bonds. The minimum Gasteiger partial charge on any atom is -0.504 e. The highest BCUT2D eigenvalue weighted by atomic mass is 16.6. The van der Waals surface area contributed by atoms with Crippen LogP contribution in [0.25, 0.3) is 22.8 Å². The Kier molecular flexibility index (Phi) is 4.87. The lowest BCUT2D eigenvalue weighted by Gasteiger charge is -2.03. The van der Waals surface area contributed by atoms with Crippen LogP contribution in [-0.4, -0.2) is 11.1 Å². The van der Waals surface area contributed by atoms with Gasteiger partial charge in [0.25, 0.3) is 0 Å². The van der Waals surface area contributed by atoms with E-state index in [2.05, 4.69) is 6.07 Å². The highest BCUT2D eigenvalue weighted by Gasteiger charge is 2.31. The van der Waals surface area contributed by atoms with Gasteiger partial charge in [0.05, 0.1) is 23.3 Å². The number of benzene rings is 3. The zero-order chi connectivity index (χ0) is 21.1. The fourth-order valence-corrected chi connectivity index (χ4v) is 3.14. The van der Waals surface area contributed by atoms with E-state index in [9.17, 15) is 9.90 Å². The molecular weight excluding hydrogens is 376 g/mol. The van der Waals surface area contributed by atoms with Gasteiger partial charge in [-0.3, -0.25) is 0 Å². The van der Waals surface area contributed by atoms with Crippen molar-refractivity contribution >= 4 is 17.6 Å². The van der Waals surface area contributed by atoms with Gasteiger partial charge >= 0.3 is 5.97 Å². The number of carbonyl (C=O) groups is 1. The smallest absolute Gasteiger partial charge is 0.348 e. The first-order chi connectivity index (χ1) is 14.6. The van der Waals surface area contributed by atoms with Gasteiger partial charge in [-0.05, 0) is 52.6 Å². The Balaban J connectivity index is 1.61. The van der Waals surface area contributed by atoms with Crippen molar-refractivity contribution in [2.24, 2.45) is 0 Å². The van der Waals surface area contributed by atoms with E-state index in [1.165, 1.54) is 0 Å². The lowest BCUT2D eigenvalue weighted by Crippen LogP contribution is -1.98. The second kappa shape index (κ2) is 7.79. The molecule has 0 spiro atoms. The van der Waals surface area contributed by atoms with E-state index in [1.807, 2.05) is 42.5 Å². The van der Waals surface area contributed by atoms with Gasteiger partial charge in [0, 0.05) is 0 Å². The largest absolute Gasteiger partial charge is 0.504 e. The topological polar surface area (TPSA) is 94.1 Å². The molecular formula is C25H14N2O3. The molecule has 3 aromatic rings. The number of rotatable bonds is 3. The molecule has 0 aliphatic carbocycles. The molecule has 0 aromatic heterocycles. The minimum atomic E-state index is -0.641. The Bertz CT molecular complexity index is 1270. The molecule has 30 heavy (non-hydrogen) atoms. The van der Waals surface area contributed by atoms with E-state index < -0.39 is 5.97 Å². The highest BCUT2D eigenvalue weighted by Crippen LogP contribution is 2.33. The van der Waals surface area contributed by atoms with Crippen LogP contribution in [0.4, 0.5) is 0 Å². The molecule has 0 saturated carbocycles. The van der Waals surface area contributed by atoms with Crippen LogP contribution in [0.2, 0.25) is 0 Å². The molecule has 0 bridgehead atoms. The third-order valence-electron chi connectivity index (χ3n) is 4.74. The van der Waals surface area contributed by atoms with E-state index in [0.717, 1.165) is 16.7 Å². The van der Waals surface area contributed by atoms with Crippen molar-refractivity contribution in [2.45, 2.75) is 0 Å². The van der Waals surface area contributed by atoms with Crippen LogP contribution < -0.4 is 0 Å². The van der Waals surface area contributed by atoms with E-state index in [-0.39, 0.29) is 17.1 Å². The maximum absolute atomic E-state index is 12.3. The third-order valence-corrected chi connectivity index (χ3v) is 4.74. The molecule has 0 saturated heterocycles. The van der Waals surface area contributed by atoms with Crippen LogP contribution in [0.1, 0.15) is 22.3 Å². The molecule has 5 nitrogen and oxygen atoms in total. The number of hydrogen-bond donors (Lipinski definition) is 1. The predicted octanol–water partition coefficient (Wildman–Crippen LogP) is 4.96. The van der Waals surface area contributed by atoms with Crippen molar-refractivity contribution in [3.05, 3.63) is 107 Å². The van der Waals surface area contributed by atoms with Gasteiger partial charge in [-0.25, -0.2) is 4.79 Å². The average molecular weight is 390 g/mol. The Hall–Kier alpha value is -4.61. The van der Waals surface area contributed by atoms with E-state index in [0.29, 0.717) is 16.7 Å². The standard InChI is InChI=1S/C25H14N2O3/c26-14-17-3-9-20(10-4-17)19-7-1-16(2-8-19)13-22-24(28)23(25(29)30-22)21-11-5-18(15-27)6-12-21/h1-13,28H/b22-13+. The Morgan fingerprint density at radius 2 is 1.20 bits per heavy atom. The van der Waals surface area contributed by atoms with Crippen molar-refractivity contribution in [1.82, 2.24) is 0 Å². The summed E-state index contributed by atoms with van der Waals surface area (Å²) >= 11 is 0. The van der Waals surface area contributed by atoms with Crippen LogP contribution in [0, 0.1) is 22.7 Å². The maximum Gasteiger partial charge on any atom is 0.348 e. The number of nitrogens with zero attached hydrogens (tertiary/aromatic N) is 2. The van der Waals surface area contributed by atoms with Crippen molar-refractivity contribution in [2.75, 3.05) is 0 Å². The van der Waals surface area contributed by atoms with Gasteiger partial charge in [0.15, 0.2) is 11.5 Å². The molecule has 0 fully saturated rings. The Morgan fingerprint density at radius 3 is 1.70 bits per heavy atom. The van der Waals surface area contributed by atoms with Crippen molar-refractivity contribution in [3.63, 3.8) is 0 Å². The average Bonchev–Trinajstić information content (AvgIpc) is 3.07. The summed E-state index contributed by atoms with van der Waals surface area (Å²) in [5, 5.41) is 28.3. The number of esters is 1. The summed E-state index contributed by atoms with van der Waals surface area (Å²) < 4.78 is 5.24. The third kappa shape index (κ3) is 3.56. The van der Waals surface area contributed by atoms with E-state index in [1.54, 1.807) is 42.5 Å². The van der Waals surface area contributed by atoms with Gasteiger partial charge in [-0.1, -0.05) is 48.5 Å². The summed E-state index contributed by atoms with van der Waals surface area (Å²) in [6.07, 6.45) is 1.59. The molecule has 4 rings (SSSR count). The number of carbonyl (C=O) groups excluding carboxylic acids is 1. The molecule has 0 radical (unpaired) electrons. The van der Waals surface area contributed by atoms with Crippen LogP contribution in [0.3, 0.4) is 0 Å². The number of nitriles is 2. The van der Waals surface area contributed by atoms with Crippen molar-refractivity contribution in [1.29, 1.82) is 10.5 Å². The second-order valence-corrected chi connectivity index (χ2v) is 6.62. The molecule has 1 heterocycles. The fourth-order valence-electron chi connectivity index (χ4n) is 3.14. The summed E-state index contributed by atoms with van der Waals surface area (Å²) in [6, 6.07) is 25.2. The summed E-state index contributed by atoms with van der Waals surface area (Å²) in [5.74, 6) is -0.802. The molecule has 142 valence electrons.